The second-order valence-electron chi connectivity index (χ2n) is 7.70. The van der Waals surface area contributed by atoms with Crippen LogP contribution in [0.3, 0.4) is 0 Å². The molecule has 2 saturated heterocycles. The third-order valence-electron chi connectivity index (χ3n) is 5.59. The van der Waals surface area contributed by atoms with Crippen molar-refractivity contribution in [2.24, 2.45) is 10.9 Å². The number of rotatable bonds is 4. The molecule has 26 heavy (non-hydrogen) atoms. The number of anilines is 1. The van der Waals surface area contributed by atoms with Crippen LogP contribution in [-0.4, -0.2) is 50.4 Å². The first-order chi connectivity index (χ1) is 12.4. The first-order valence-electron chi connectivity index (χ1n) is 9.54. The van der Waals surface area contributed by atoms with Crippen molar-refractivity contribution in [3.05, 3.63) is 35.9 Å². The second-order valence-corrected chi connectivity index (χ2v) is 7.70. The summed E-state index contributed by atoms with van der Waals surface area (Å²) in [7, 11) is 2.17. The van der Waals surface area contributed by atoms with Crippen LogP contribution in [0, 0.1) is 17.6 Å². The van der Waals surface area contributed by atoms with Gasteiger partial charge in [0.25, 0.3) is 0 Å². The summed E-state index contributed by atoms with van der Waals surface area (Å²) in [5, 5.41) is 0. The maximum absolute atomic E-state index is 14.4. The van der Waals surface area contributed by atoms with Gasteiger partial charge in [-0.25, -0.2) is 8.78 Å². The number of hydrogen-bond donors (Lipinski definition) is 0. The Morgan fingerprint density at radius 2 is 1.77 bits per heavy atom. The van der Waals surface area contributed by atoms with Gasteiger partial charge in [0.15, 0.2) is 0 Å². The van der Waals surface area contributed by atoms with Crippen molar-refractivity contribution in [1.29, 1.82) is 0 Å². The van der Waals surface area contributed by atoms with E-state index in [1.165, 1.54) is 30.7 Å². The quantitative estimate of drug-likeness (QED) is 0.792. The Hall–Kier alpha value is -1.75. The van der Waals surface area contributed by atoms with Crippen LogP contribution in [0.25, 0.3) is 5.57 Å². The summed E-state index contributed by atoms with van der Waals surface area (Å²) >= 11 is 0. The number of aliphatic imine (C=N–C) groups is 1. The Kier molecular flexibility index (Phi) is 6.07. The highest BCUT2D eigenvalue weighted by molar-refractivity contribution is 5.86. The molecule has 0 aromatic heterocycles. The molecular formula is C21H29F2N3. The third-order valence-corrected chi connectivity index (χ3v) is 5.59. The Morgan fingerprint density at radius 1 is 1.12 bits per heavy atom. The molecule has 1 aromatic carbocycles. The van der Waals surface area contributed by atoms with Crippen LogP contribution in [0.2, 0.25) is 0 Å². The molecule has 2 heterocycles. The van der Waals surface area contributed by atoms with Gasteiger partial charge in [-0.2, -0.15) is 0 Å². The van der Waals surface area contributed by atoms with Crippen molar-refractivity contribution in [1.82, 2.24) is 4.90 Å². The monoisotopic (exact) mass is 361 g/mol. The van der Waals surface area contributed by atoms with E-state index in [1.807, 2.05) is 4.90 Å². The van der Waals surface area contributed by atoms with Crippen molar-refractivity contribution in [3.8, 4) is 0 Å². The van der Waals surface area contributed by atoms with E-state index >= 15 is 0 Å². The average molecular weight is 361 g/mol. The Morgan fingerprint density at radius 3 is 2.38 bits per heavy atom. The molecule has 1 aromatic rings. The number of halogens is 2. The van der Waals surface area contributed by atoms with Crippen molar-refractivity contribution in [2.75, 3.05) is 44.7 Å². The smallest absolute Gasteiger partial charge is 0.147 e. The Bertz CT molecular complexity index is 681. The summed E-state index contributed by atoms with van der Waals surface area (Å²) in [6, 6.07) is 2.57. The summed E-state index contributed by atoms with van der Waals surface area (Å²) in [5.41, 5.74) is 2.36. The first kappa shape index (κ1) is 19.0. The molecule has 0 aliphatic carbocycles. The molecule has 3 rings (SSSR count). The first-order valence-corrected chi connectivity index (χ1v) is 9.54. The third kappa shape index (κ3) is 4.50. The highest BCUT2D eigenvalue weighted by Crippen LogP contribution is 2.28. The molecule has 2 aliphatic heterocycles. The fourth-order valence-electron chi connectivity index (χ4n) is 3.77. The number of hydrogen-bond acceptors (Lipinski definition) is 3. The normalized spacial score (nSPS) is 19.7. The van der Waals surface area contributed by atoms with Gasteiger partial charge in [0.1, 0.15) is 11.6 Å². The molecule has 3 nitrogen and oxygen atoms in total. The minimum absolute atomic E-state index is 0.253. The summed E-state index contributed by atoms with van der Waals surface area (Å²) in [6.07, 6.45) is 4.10. The highest BCUT2D eigenvalue weighted by Gasteiger charge is 2.21. The predicted molar refractivity (Wildman–Crippen MR) is 105 cm³/mol. The van der Waals surface area contributed by atoms with Crippen LogP contribution in [0.1, 0.15) is 38.2 Å². The molecule has 0 radical (unpaired) electrons. The molecule has 0 unspecified atom stereocenters. The molecule has 0 bridgehead atoms. The van der Waals surface area contributed by atoms with Gasteiger partial charge >= 0.3 is 0 Å². The summed E-state index contributed by atoms with van der Waals surface area (Å²) in [6.45, 7) is 10.0. The Balaban J connectivity index is 1.57. The molecule has 0 atom stereocenters. The van der Waals surface area contributed by atoms with Gasteiger partial charge in [0, 0.05) is 49.8 Å². The fraction of sp³-hybridized carbons (Fsp3) is 0.571. The van der Waals surface area contributed by atoms with Crippen molar-refractivity contribution >= 4 is 17.0 Å². The van der Waals surface area contributed by atoms with E-state index in [0.29, 0.717) is 30.3 Å². The van der Waals surface area contributed by atoms with Crippen LogP contribution in [0.15, 0.2) is 23.7 Å². The predicted octanol–water partition coefficient (Wildman–Crippen LogP) is 4.38. The summed E-state index contributed by atoms with van der Waals surface area (Å²) in [4.78, 5) is 9.13. The van der Waals surface area contributed by atoms with Gasteiger partial charge in [-0.05, 0) is 57.5 Å². The molecule has 0 N–H and O–H groups in total. The second kappa shape index (κ2) is 8.30. The lowest BCUT2D eigenvalue weighted by Gasteiger charge is -2.31. The van der Waals surface area contributed by atoms with E-state index in [1.54, 1.807) is 6.92 Å². The van der Waals surface area contributed by atoms with Crippen molar-refractivity contribution in [2.45, 2.75) is 32.6 Å². The largest absolute Gasteiger partial charge is 0.368 e. The number of nitrogens with zero attached hydrogens (tertiary/aromatic N) is 3. The van der Waals surface area contributed by atoms with Crippen LogP contribution < -0.4 is 4.90 Å². The SMILES string of the molecule is C=C(C)c1cc(F)c(N2CCC(=NCC3CCN(C)CC3)CC2)cc1F. The van der Waals surface area contributed by atoms with E-state index < -0.39 is 5.82 Å². The topological polar surface area (TPSA) is 18.8 Å². The molecule has 2 fully saturated rings. The fourth-order valence-corrected chi connectivity index (χ4v) is 3.77. The molecule has 142 valence electrons. The number of benzene rings is 1. The van der Waals surface area contributed by atoms with E-state index in [4.69, 9.17) is 4.99 Å². The van der Waals surface area contributed by atoms with Crippen LogP contribution in [-0.2, 0) is 0 Å². The van der Waals surface area contributed by atoms with Gasteiger partial charge in [-0.3, -0.25) is 4.99 Å². The molecule has 0 saturated carbocycles. The van der Waals surface area contributed by atoms with E-state index in [0.717, 1.165) is 32.5 Å². The lowest BCUT2D eigenvalue weighted by Crippen LogP contribution is -2.35. The minimum Gasteiger partial charge on any atom is -0.368 e. The lowest BCUT2D eigenvalue weighted by molar-refractivity contribution is 0.223. The Labute approximate surface area is 155 Å². The zero-order valence-electron chi connectivity index (χ0n) is 15.9. The highest BCUT2D eigenvalue weighted by atomic mass is 19.1. The zero-order chi connectivity index (χ0) is 18.7. The number of allylic oxidation sites excluding steroid dienone is 1. The standard InChI is InChI=1S/C21H29F2N3/c1-15(2)18-12-20(23)21(13-19(18)22)26-10-6-17(7-11-26)24-14-16-4-8-25(3)9-5-16/h12-13,16H,1,4-11,14H2,2-3H3. The minimum atomic E-state index is -0.407. The van der Waals surface area contributed by atoms with Crippen molar-refractivity contribution in [3.63, 3.8) is 0 Å². The number of likely N-dealkylation sites (tertiary alicyclic amines) is 1. The maximum Gasteiger partial charge on any atom is 0.147 e. The molecule has 5 heteroatoms. The van der Waals surface area contributed by atoms with Crippen molar-refractivity contribution < 1.29 is 8.78 Å². The lowest BCUT2D eigenvalue weighted by atomic mass is 9.97. The van der Waals surface area contributed by atoms with E-state index in [9.17, 15) is 8.78 Å². The molecular weight excluding hydrogens is 332 g/mol. The zero-order valence-corrected chi connectivity index (χ0v) is 15.9. The maximum atomic E-state index is 14.4. The van der Waals surface area contributed by atoms with E-state index in [2.05, 4.69) is 18.5 Å². The van der Waals surface area contributed by atoms with Gasteiger partial charge < -0.3 is 9.80 Å². The number of piperidine rings is 2. The van der Waals surface area contributed by atoms with Gasteiger partial charge in [0.2, 0.25) is 0 Å². The van der Waals surface area contributed by atoms with Gasteiger partial charge in [0.05, 0.1) is 5.69 Å². The molecule has 0 amide bonds. The van der Waals surface area contributed by atoms with Gasteiger partial charge in [-0.15, -0.1) is 0 Å². The molecule has 0 spiro atoms. The van der Waals surface area contributed by atoms with E-state index in [-0.39, 0.29) is 11.4 Å². The average Bonchev–Trinajstić information content (AvgIpc) is 2.63. The summed E-state index contributed by atoms with van der Waals surface area (Å²) in [5.74, 6) is -0.0929. The van der Waals surface area contributed by atoms with Gasteiger partial charge in [-0.1, -0.05) is 6.58 Å². The van der Waals surface area contributed by atoms with Crippen LogP contribution in [0.4, 0.5) is 14.5 Å². The molecule has 2 aliphatic rings. The summed E-state index contributed by atoms with van der Waals surface area (Å²) < 4.78 is 28.6. The van der Waals surface area contributed by atoms with Crippen LogP contribution >= 0.6 is 0 Å². The van der Waals surface area contributed by atoms with Crippen LogP contribution in [0.5, 0.6) is 0 Å².